The predicted molar refractivity (Wildman–Crippen MR) is 56.3 cm³/mol. The van der Waals surface area contributed by atoms with Crippen LogP contribution in [0.3, 0.4) is 0 Å². The van der Waals surface area contributed by atoms with E-state index in [1.807, 2.05) is 6.07 Å². The molecular weight excluding hydrogens is 160 g/mol. The molecule has 13 heavy (non-hydrogen) atoms. The van der Waals surface area contributed by atoms with Gasteiger partial charge in [-0.05, 0) is 24.7 Å². The summed E-state index contributed by atoms with van der Waals surface area (Å²) in [5.74, 6) is 0. The summed E-state index contributed by atoms with van der Waals surface area (Å²) in [5.41, 5.74) is 8.24. The van der Waals surface area contributed by atoms with Crippen LogP contribution < -0.4 is 5.73 Å². The van der Waals surface area contributed by atoms with Crippen molar-refractivity contribution < 1.29 is 0 Å². The highest BCUT2D eigenvalue weighted by molar-refractivity contribution is 5.26. The standard InChI is InChI=1S/C11H18N2/c1-3-13(2)9-11-7-5-4-6-10(11)8-12/h4-7H,3,8-9,12H2,1-2H3. The van der Waals surface area contributed by atoms with Crippen molar-refractivity contribution in [1.29, 1.82) is 0 Å². The average Bonchev–Trinajstić information content (AvgIpc) is 2.18. The maximum Gasteiger partial charge on any atom is 0.0233 e. The van der Waals surface area contributed by atoms with Crippen LogP contribution in [0.25, 0.3) is 0 Å². The summed E-state index contributed by atoms with van der Waals surface area (Å²) in [4.78, 5) is 2.27. The Hall–Kier alpha value is -0.860. The molecule has 1 rings (SSSR count). The van der Waals surface area contributed by atoms with Crippen molar-refractivity contribution in [3.8, 4) is 0 Å². The SMILES string of the molecule is CCN(C)Cc1ccccc1CN. The maximum absolute atomic E-state index is 5.65. The predicted octanol–water partition coefficient (Wildman–Crippen LogP) is 1.60. The molecule has 0 spiro atoms. The largest absolute Gasteiger partial charge is 0.326 e. The lowest BCUT2D eigenvalue weighted by Crippen LogP contribution is -2.18. The van der Waals surface area contributed by atoms with Gasteiger partial charge in [-0.3, -0.25) is 0 Å². The minimum Gasteiger partial charge on any atom is -0.326 e. The number of hydrogen-bond acceptors (Lipinski definition) is 2. The third-order valence-corrected chi connectivity index (χ3v) is 2.32. The molecule has 0 atom stereocenters. The molecule has 0 aliphatic rings. The summed E-state index contributed by atoms with van der Waals surface area (Å²) in [6.45, 7) is 4.85. The fourth-order valence-electron chi connectivity index (χ4n) is 1.31. The van der Waals surface area contributed by atoms with E-state index < -0.39 is 0 Å². The number of rotatable bonds is 4. The van der Waals surface area contributed by atoms with Crippen LogP contribution in [-0.2, 0) is 13.1 Å². The van der Waals surface area contributed by atoms with E-state index in [4.69, 9.17) is 5.73 Å². The molecule has 0 unspecified atom stereocenters. The van der Waals surface area contributed by atoms with Gasteiger partial charge in [0.2, 0.25) is 0 Å². The Bertz CT molecular complexity index is 258. The van der Waals surface area contributed by atoms with Crippen LogP contribution in [0.5, 0.6) is 0 Å². The Morgan fingerprint density at radius 2 is 1.85 bits per heavy atom. The van der Waals surface area contributed by atoms with Crippen LogP contribution in [-0.4, -0.2) is 18.5 Å². The average molecular weight is 178 g/mol. The number of nitrogens with zero attached hydrogens (tertiary/aromatic N) is 1. The van der Waals surface area contributed by atoms with Crippen LogP contribution >= 0.6 is 0 Å². The Kier molecular flexibility index (Phi) is 3.93. The number of nitrogens with two attached hydrogens (primary N) is 1. The van der Waals surface area contributed by atoms with Gasteiger partial charge in [-0.1, -0.05) is 31.2 Å². The van der Waals surface area contributed by atoms with E-state index in [-0.39, 0.29) is 0 Å². The van der Waals surface area contributed by atoms with Crippen molar-refractivity contribution in [2.75, 3.05) is 13.6 Å². The van der Waals surface area contributed by atoms with E-state index in [2.05, 4.69) is 37.1 Å². The Labute approximate surface area is 80.4 Å². The highest BCUT2D eigenvalue weighted by atomic mass is 15.1. The smallest absolute Gasteiger partial charge is 0.0233 e. The maximum atomic E-state index is 5.65. The van der Waals surface area contributed by atoms with Crippen molar-refractivity contribution in [1.82, 2.24) is 4.90 Å². The van der Waals surface area contributed by atoms with Crippen LogP contribution in [0.1, 0.15) is 18.1 Å². The van der Waals surface area contributed by atoms with Crippen LogP contribution in [0.4, 0.5) is 0 Å². The normalized spacial score (nSPS) is 10.8. The first-order valence-electron chi connectivity index (χ1n) is 4.73. The van der Waals surface area contributed by atoms with Gasteiger partial charge in [0.1, 0.15) is 0 Å². The van der Waals surface area contributed by atoms with E-state index in [0.717, 1.165) is 13.1 Å². The van der Waals surface area contributed by atoms with Gasteiger partial charge in [0.15, 0.2) is 0 Å². The van der Waals surface area contributed by atoms with E-state index in [1.54, 1.807) is 0 Å². The Balaban J connectivity index is 2.74. The first-order valence-corrected chi connectivity index (χ1v) is 4.73. The summed E-state index contributed by atoms with van der Waals surface area (Å²) < 4.78 is 0. The van der Waals surface area contributed by atoms with Gasteiger partial charge in [0.05, 0.1) is 0 Å². The second-order valence-electron chi connectivity index (χ2n) is 3.30. The van der Waals surface area contributed by atoms with Crippen LogP contribution in [0, 0.1) is 0 Å². The molecule has 0 radical (unpaired) electrons. The highest BCUT2D eigenvalue weighted by Gasteiger charge is 2.01. The topological polar surface area (TPSA) is 29.3 Å². The van der Waals surface area contributed by atoms with Crippen molar-refractivity contribution in [2.45, 2.75) is 20.0 Å². The van der Waals surface area contributed by atoms with Gasteiger partial charge in [-0.15, -0.1) is 0 Å². The molecule has 0 amide bonds. The molecule has 1 aromatic carbocycles. The fraction of sp³-hybridized carbons (Fsp3) is 0.455. The lowest BCUT2D eigenvalue weighted by Gasteiger charge is -2.15. The van der Waals surface area contributed by atoms with Gasteiger partial charge < -0.3 is 10.6 Å². The summed E-state index contributed by atoms with van der Waals surface area (Å²) in [5, 5.41) is 0. The zero-order valence-electron chi connectivity index (χ0n) is 8.46. The molecular formula is C11H18N2. The number of hydrogen-bond donors (Lipinski definition) is 1. The molecule has 0 saturated carbocycles. The molecule has 0 aromatic heterocycles. The van der Waals surface area contributed by atoms with Crippen molar-refractivity contribution in [3.63, 3.8) is 0 Å². The van der Waals surface area contributed by atoms with Crippen molar-refractivity contribution >= 4 is 0 Å². The van der Waals surface area contributed by atoms with Crippen molar-refractivity contribution in [3.05, 3.63) is 35.4 Å². The minimum absolute atomic E-state index is 0.633. The van der Waals surface area contributed by atoms with Gasteiger partial charge >= 0.3 is 0 Å². The molecule has 0 bridgehead atoms. The summed E-state index contributed by atoms with van der Waals surface area (Å²) in [6.07, 6.45) is 0. The zero-order valence-corrected chi connectivity index (χ0v) is 8.46. The lowest BCUT2D eigenvalue weighted by atomic mass is 10.1. The van der Waals surface area contributed by atoms with Gasteiger partial charge in [0.25, 0.3) is 0 Å². The second kappa shape index (κ2) is 5.00. The summed E-state index contributed by atoms with van der Waals surface area (Å²) in [7, 11) is 2.12. The van der Waals surface area contributed by atoms with E-state index in [1.165, 1.54) is 11.1 Å². The van der Waals surface area contributed by atoms with E-state index in [9.17, 15) is 0 Å². The molecule has 2 nitrogen and oxygen atoms in total. The summed E-state index contributed by atoms with van der Waals surface area (Å²) >= 11 is 0. The molecule has 0 heterocycles. The Morgan fingerprint density at radius 1 is 1.23 bits per heavy atom. The minimum atomic E-state index is 0.633. The highest BCUT2D eigenvalue weighted by Crippen LogP contribution is 2.09. The molecule has 0 aliphatic carbocycles. The molecule has 0 saturated heterocycles. The molecule has 0 aliphatic heterocycles. The van der Waals surface area contributed by atoms with E-state index >= 15 is 0 Å². The molecule has 2 heteroatoms. The molecule has 1 aromatic rings. The first-order chi connectivity index (χ1) is 6.27. The van der Waals surface area contributed by atoms with E-state index in [0.29, 0.717) is 6.54 Å². The van der Waals surface area contributed by atoms with Crippen LogP contribution in [0.15, 0.2) is 24.3 Å². The third-order valence-electron chi connectivity index (χ3n) is 2.32. The monoisotopic (exact) mass is 178 g/mol. The molecule has 0 fully saturated rings. The Morgan fingerprint density at radius 3 is 2.38 bits per heavy atom. The second-order valence-corrected chi connectivity index (χ2v) is 3.30. The van der Waals surface area contributed by atoms with Crippen LogP contribution in [0.2, 0.25) is 0 Å². The van der Waals surface area contributed by atoms with Gasteiger partial charge in [0, 0.05) is 13.1 Å². The van der Waals surface area contributed by atoms with Gasteiger partial charge in [-0.2, -0.15) is 0 Å². The molecule has 2 N–H and O–H groups in total. The first kappa shape index (κ1) is 10.2. The quantitative estimate of drug-likeness (QED) is 0.758. The lowest BCUT2D eigenvalue weighted by molar-refractivity contribution is 0.344. The third kappa shape index (κ3) is 2.83. The summed E-state index contributed by atoms with van der Waals surface area (Å²) in [6, 6.07) is 8.35. The van der Waals surface area contributed by atoms with Gasteiger partial charge in [-0.25, -0.2) is 0 Å². The molecule has 72 valence electrons. The number of benzene rings is 1. The fourth-order valence-corrected chi connectivity index (χ4v) is 1.31. The zero-order chi connectivity index (χ0) is 9.68. The van der Waals surface area contributed by atoms with Crippen molar-refractivity contribution in [2.24, 2.45) is 5.73 Å².